The number of halogens is 1. The maximum atomic E-state index is 8.59. The zero-order valence-electron chi connectivity index (χ0n) is 8.75. The third kappa shape index (κ3) is 3.43. The van der Waals surface area contributed by atoms with Gasteiger partial charge in [-0.15, -0.1) is 0 Å². The maximum absolute atomic E-state index is 8.59. The second-order valence-electron chi connectivity index (χ2n) is 3.20. The van der Waals surface area contributed by atoms with Crippen LogP contribution in [0.3, 0.4) is 0 Å². The van der Waals surface area contributed by atoms with Crippen LogP contribution in [-0.2, 0) is 6.54 Å². The van der Waals surface area contributed by atoms with E-state index in [9.17, 15) is 0 Å². The summed E-state index contributed by atoms with van der Waals surface area (Å²) in [6.07, 6.45) is 0. The van der Waals surface area contributed by atoms with Gasteiger partial charge in [0.2, 0.25) is 0 Å². The first kappa shape index (κ1) is 11.8. The second-order valence-corrected chi connectivity index (χ2v) is 3.61. The van der Waals surface area contributed by atoms with Gasteiger partial charge in [-0.05, 0) is 24.6 Å². The molecule has 0 fully saturated rings. The lowest BCUT2D eigenvalue weighted by Gasteiger charge is -2.08. The lowest BCUT2D eigenvalue weighted by atomic mass is 10.2. The molecule has 3 nitrogen and oxygen atoms in total. The lowest BCUT2D eigenvalue weighted by Crippen LogP contribution is -2.23. The molecule has 0 aliphatic carbocycles. The highest BCUT2D eigenvalue weighted by atomic mass is 35.5. The summed E-state index contributed by atoms with van der Waals surface area (Å²) in [5.74, 6) is 0.661. The monoisotopic (exact) mass is 224 g/mol. The number of rotatable bonds is 4. The van der Waals surface area contributed by atoms with Crippen LogP contribution in [0.2, 0.25) is 5.02 Å². The van der Waals surface area contributed by atoms with Crippen LogP contribution in [0, 0.1) is 11.3 Å². The van der Waals surface area contributed by atoms with Crippen LogP contribution in [0.1, 0.15) is 12.5 Å². The van der Waals surface area contributed by atoms with Gasteiger partial charge >= 0.3 is 0 Å². The fraction of sp³-hybridized carbons (Fsp3) is 0.364. The van der Waals surface area contributed by atoms with Crippen LogP contribution in [0.5, 0.6) is 5.75 Å². The summed E-state index contributed by atoms with van der Waals surface area (Å²) in [6.45, 7) is 2.43. The van der Waals surface area contributed by atoms with Crippen LogP contribution in [0.4, 0.5) is 0 Å². The highest BCUT2D eigenvalue weighted by molar-refractivity contribution is 6.32. The highest BCUT2D eigenvalue weighted by Crippen LogP contribution is 2.24. The van der Waals surface area contributed by atoms with Gasteiger partial charge in [0, 0.05) is 6.54 Å². The van der Waals surface area contributed by atoms with Crippen molar-refractivity contribution in [3.63, 3.8) is 0 Å². The van der Waals surface area contributed by atoms with Gasteiger partial charge < -0.3 is 4.74 Å². The molecule has 0 heterocycles. The number of nitrogens with zero attached hydrogens (tertiary/aromatic N) is 1. The minimum atomic E-state index is -0.161. The molecule has 0 spiro atoms. The number of nitriles is 1. The molecule has 0 bridgehead atoms. The molecule has 1 rings (SSSR count). The molecule has 0 aliphatic heterocycles. The average molecular weight is 225 g/mol. The van der Waals surface area contributed by atoms with Gasteiger partial charge in [-0.25, -0.2) is 0 Å². The van der Waals surface area contributed by atoms with E-state index in [4.69, 9.17) is 21.6 Å². The topological polar surface area (TPSA) is 45.0 Å². The van der Waals surface area contributed by atoms with Crippen LogP contribution in [-0.4, -0.2) is 13.2 Å². The van der Waals surface area contributed by atoms with E-state index < -0.39 is 0 Å². The Morgan fingerprint density at radius 2 is 2.33 bits per heavy atom. The molecule has 0 aliphatic rings. The van der Waals surface area contributed by atoms with Crippen molar-refractivity contribution < 1.29 is 4.74 Å². The molecule has 0 amide bonds. The number of nitrogens with one attached hydrogen (secondary N) is 1. The molecule has 1 unspecified atom stereocenters. The van der Waals surface area contributed by atoms with E-state index in [0.29, 0.717) is 17.3 Å². The molecule has 1 atom stereocenters. The fourth-order valence-corrected chi connectivity index (χ4v) is 1.42. The molecule has 4 heteroatoms. The second kappa shape index (κ2) is 5.59. The smallest absolute Gasteiger partial charge is 0.137 e. The minimum absolute atomic E-state index is 0.161. The Kier molecular flexibility index (Phi) is 4.41. The molecular formula is C11H13ClN2O. The number of benzene rings is 1. The highest BCUT2D eigenvalue weighted by Gasteiger charge is 2.03. The van der Waals surface area contributed by atoms with Crippen LogP contribution in [0.25, 0.3) is 0 Å². The fourth-order valence-electron chi connectivity index (χ4n) is 1.14. The number of hydrogen-bond acceptors (Lipinski definition) is 3. The Bertz CT molecular complexity index is 373. The summed E-state index contributed by atoms with van der Waals surface area (Å²) in [7, 11) is 1.58. The Balaban J connectivity index is 2.64. The Morgan fingerprint density at radius 1 is 1.60 bits per heavy atom. The summed E-state index contributed by atoms with van der Waals surface area (Å²) in [4.78, 5) is 0. The Morgan fingerprint density at radius 3 is 2.87 bits per heavy atom. The lowest BCUT2D eigenvalue weighted by molar-refractivity contribution is 0.415. The molecular weight excluding hydrogens is 212 g/mol. The van der Waals surface area contributed by atoms with Gasteiger partial charge in [-0.1, -0.05) is 17.7 Å². The largest absolute Gasteiger partial charge is 0.495 e. The van der Waals surface area contributed by atoms with Gasteiger partial charge in [0.25, 0.3) is 0 Å². The molecule has 0 radical (unpaired) electrons. The van der Waals surface area contributed by atoms with E-state index in [-0.39, 0.29) is 6.04 Å². The van der Waals surface area contributed by atoms with E-state index in [2.05, 4.69) is 11.4 Å². The molecule has 1 N–H and O–H groups in total. The molecule has 15 heavy (non-hydrogen) atoms. The summed E-state index contributed by atoms with van der Waals surface area (Å²) >= 11 is 5.96. The summed E-state index contributed by atoms with van der Waals surface area (Å²) in [5, 5.41) is 12.2. The zero-order chi connectivity index (χ0) is 11.3. The van der Waals surface area contributed by atoms with Crippen molar-refractivity contribution >= 4 is 11.6 Å². The summed E-state index contributed by atoms with van der Waals surface area (Å²) < 4.78 is 5.04. The van der Waals surface area contributed by atoms with Gasteiger partial charge in [0.15, 0.2) is 0 Å². The molecule has 0 saturated carbocycles. The van der Waals surface area contributed by atoms with Crippen molar-refractivity contribution in [2.24, 2.45) is 0 Å². The summed E-state index contributed by atoms with van der Waals surface area (Å²) in [5.41, 5.74) is 1.03. The predicted octanol–water partition coefficient (Wildman–Crippen LogP) is 2.35. The van der Waals surface area contributed by atoms with Gasteiger partial charge in [0.05, 0.1) is 24.2 Å². The van der Waals surface area contributed by atoms with E-state index in [1.165, 1.54) is 0 Å². The standard InChI is InChI=1S/C11H13ClN2O/c1-8(6-13)14-7-9-3-4-11(15-2)10(12)5-9/h3-5,8,14H,7H2,1-2H3. The normalized spacial score (nSPS) is 11.9. The van der Waals surface area contributed by atoms with Crippen molar-refractivity contribution in [3.05, 3.63) is 28.8 Å². The number of methoxy groups -OCH3 is 1. The first-order valence-electron chi connectivity index (χ1n) is 4.62. The van der Waals surface area contributed by atoms with Crippen molar-refractivity contribution in [1.82, 2.24) is 5.32 Å². The molecule has 0 aromatic heterocycles. The van der Waals surface area contributed by atoms with Crippen molar-refractivity contribution in [3.8, 4) is 11.8 Å². The van der Waals surface area contributed by atoms with E-state index in [1.807, 2.05) is 25.1 Å². The molecule has 0 saturated heterocycles. The summed E-state index contributed by atoms with van der Waals surface area (Å²) in [6, 6.07) is 7.51. The van der Waals surface area contributed by atoms with Crippen LogP contribution >= 0.6 is 11.6 Å². The van der Waals surface area contributed by atoms with E-state index >= 15 is 0 Å². The molecule has 80 valence electrons. The number of hydrogen-bond donors (Lipinski definition) is 1. The zero-order valence-corrected chi connectivity index (χ0v) is 9.51. The predicted molar refractivity (Wildman–Crippen MR) is 59.9 cm³/mol. The van der Waals surface area contributed by atoms with Crippen LogP contribution < -0.4 is 10.1 Å². The molecule has 1 aromatic carbocycles. The minimum Gasteiger partial charge on any atom is -0.495 e. The maximum Gasteiger partial charge on any atom is 0.137 e. The molecule has 1 aromatic rings. The third-order valence-corrected chi connectivity index (χ3v) is 2.32. The van der Waals surface area contributed by atoms with Crippen molar-refractivity contribution in [2.45, 2.75) is 19.5 Å². The first-order chi connectivity index (χ1) is 7.17. The Labute approximate surface area is 94.6 Å². The Hall–Kier alpha value is -1.24. The van der Waals surface area contributed by atoms with E-state index in [1.54, 1.807) is 7.11 Å². The average Bonchev–Trinajstić information content (AvgIpc) is 2.26. The van der Waals surface area contributed by atoms with Gasteiger partial charge in [-0.3, -0.25) is 5.32 Å². The van der Waals surface area contributed by atoms with Gasteiger partial charge in [0.1, 0.15) is 5.75 Å². The number of ether oxygens (including phenoxy) is 1. The quantitative estimate of drug-likeness (QED) is 0.854. The third-order valence-electron chi connectivity index (χ3n) is 2.02. The van der Waals surface area contributed by atoms with E-state index in [0.717, 1.165) is 5.56 Å². The van der Waals surface area contributed by atoms with Gasteiger partial charge in [-0.2, -0.15) is 5.26 Å². The van der Waals surface area contributed by atoms with Crippen molar-refractivity contribution in [2.75, 3.05) is 7.11 Å². The van der Waals surface area contributed by atoms with Crippen LogP contribution in [0.15, 0.2) is 18.2 Å². The SMILES string of the molecule is COc1ccc(CNC(C)C#N)cc1Cl. The first-order valence-corrected chi connectivity index (χ1v) is 5.00. The van der Waals surface area contributed by atoms with Crippen molar-refractivity contribution in [1.29, 1.82) is 5.26 Å².